The van der Waals surface area contributed by atoms with Gasteiger partial charge in [-0.15, -0.1) is 0 Å². The lowest BCUT2D eigenvalue weighted by Crippen LogP contribution is -2.45. The third kappa shape index (κ3) is 4.12. The lowest BCUT2D eigenvalue weighted by Gasteiger charge is -2.35. The molecule has 0 radical (unpaired) electrons. The third-order valence-electron chi connectivity index (χ3n) is 5.97. The van der Waals surface area contributed by atoms with Gasteiger partial charge in [0, 0.05) is 55.5 Å². The number of amides is 1. The Kier molecular flexibility index (Phi) is 5.91. The van der Waals surface area contributed by atoms with Gasteiger partial charge in [-0.3, -0.25) is 4.79 Å². The van der Waals surface area contributed by atoms with Gasteiger partial charge in [-0.2, -0.15) is 0 Å². The van der Waals surface area contributed by atoms with Gasteiger partial charge in [0.25, 0.3) is 5.91 Å². The molecular formula is C25H30N4O. The molecule has 2 aromatic carbocycles. The summed E-state index contributed by atoms with van der Waals surface area (Å²) in [5.74, 6) is -0.0292. The van der Waals surface area contributed by atoms with Crippen LogP contribution in [0.1, 0.15) is 27.3 Å². The molecule has 0 spiro atoms. The van der Waals surface area contributed by atoms with Crippen molar-refractivity contribution >= 4 is 11.6 Å². The molecule has 3 aromatic rings. The second-order valence-electron chi connectivity index (χ2n) is 8.06. The predicted molar refractivity (Wildman–Crippen MR) is 123 cm³/mol. The summed E-state index contributed by atoms with van der Waals surface area (Å²) in [6, 6.07) is 20.5. The van der Waals surface area contributed by atoms with Crippen molar-refractivity contribution in [3.05, 3.63) is 83.2 Å². The van der Waals surface area contributed by atoms with Crippen LogP contribution in [0.5, 0.6) is 0 Å². The van der Waals surface area contributed by atoms with Gasteiger partial charge in [-0.05, 0) is 50.7 Å². The van der Waals surface area contributed by atoms with Crippen LogP contribution in [0.15, 0.2) is 60.7 Å². The van der Waals surface area contributed by atoms with Gasteiger partial charge in [-0.25, -0.2) is 0 Å². The molecule has 1 N–H and O–H groups in total. The van der Waals surface area contributed by atoms with Crippen molar-refractivity contribution in [3.63, 3.8) is 0 Å². The predicted octanol–water partition coefficient (Wildman–Crippen LogP) is 3.78. The van der Waals surface area contributed by atoms with Crippen LogP contribution in [-0.4, -0.2) is 48.6 Å². The zero-order valence-electron chi connectivity index (χ0n) is 18.1. The Morgan fingerprint density at radius 2 is 1.60 bits per heavy atom. The number of aryl methyl sites for hydroxylation is 1. The van der Waals surface area contributed by atoms with Gasteiger partial charge in [0.05, 0.1) is 5.56 Å². The number of nitrogens with one attached hydrogen (secondary N) is 1. The smallest absolute Gasteiger partial charge is 0.253 e. The first-order chi connectivity index (χ1) is 14.5. The number of benzene rings is 2. The molecule has 0 unspecified atom stereocenters. The number of hydrogen-bond acceptors (Lipinski definition) is 3. The maximum Gasteiger partial charge on any atom is 0.253 e. The molecule has 1 saturated heterocycles. The largest absolute Gasteiger partial charge is 0.369 e. The topological polar surface area (TPSA) is 40.5 Å². The summed E-state index contributed by atoms with van der Waals surface area (Å²) in [5, 5.41) is 3.15. The van der Waals surface area contributed by atoms with Crippen LogP contribution in [0.2, 0.25) is 0 Å². The van der Waals surface area contributed by atoms with E-state index in [0.717, 1.165) is 54.4 Å². The van der Waals surface area contributed by atoms with Crippen molar-refractivity contribution in [1.29, 1.82) is 0 Å². The standard InChI is InChI=1S/C25H30N4O/c1-19-17-23(20(2)29(19)22-10-5-4-6-11-22)25(30)26-18-21-9-7-8-12-24(21)28-15-13-27(3)14-16-28/h4-12,17H,13-16,18H2,1-3H3,(H,26,30). The molecule has 1 aliphatic rings. The highest BCUT2D eigenvalue weighted by molar-refractivity contribution is 5.96. The van der Waals surface area contributed by atoms with E-state index in [9.17, 15) is 4.79 Å². The Morgan fingerprint density at radius 3 is 2.33 bits per heavy atom. The van der Waals surface area contributed by atoms with E-state index in [4.69, 9.17) is 0 Å². The Morgan fingerprint density at radius 1 is 0.933 bits per heavy atom. The zero-order valence-corrected chi connectivity index (χ0v) is 18.1. The van der Waals surface area contributed by atoms with Crippen LogP contribution in [0.4, 0.5) is 5.69 Å². The van der Waals surface area contributed by atoms with Crippen LogP contribution in [0.3, 0.4) is 0 Å². The van der Waals surface area contributed by atoms with Gasteiger partial charge in [-0.1, -0.05) is 36.4 Å². The highest BCUT2D eigenvalue weighted by atomic mass is 16.1. The van der Waals surface area contributed by atoms with Crippen LogP contribution >= 0.6 is 0 Å². The molecule has 30 heavy (non-hydrogen) atoms. The van der Waals surface area contributed by atoms with Crippen LogP contribution in [0.25, 0.3) is 5.69 Å². The highest BCUT2D eigenvalue weighted by Gasteiger charge is 2.19. The Bertz CT molecular complexity index is 1020. The molecule has 2 heterocycles. The van der Waals surface area contributed by atoms with Crippen molar-refractivity contribution < 1.29 is 4.79 Å². The van der Waals surface area contributed by atoms with Gasteiger partial charge < -0.3 is 19.7 Å². The summed E-state index contributed by atoms with van der Waals surface area (Å²) in [4.78, 5) is 17.8. The number of piperazine rings is 1. The number of aromatic nitrogens is 1. The fourth-order valence-corrected chi connectivity index (χ4v) is 4.25. The zero-order chi connectivity index (χ0) is 21.1. The minimum absolute atomic E-state index is 0.0292. The first kappa shape index (κ1) is 20.2. The SMILES string of the molecule is Cc1cc(C(=O)NCc2ccccc2N2CCN(C)CC2)c(C)n1-c1ccccc1. The number of rotatable bonds is 5. The van der Waals surface area contributed by atoms with E-state index in [0.29, 0.717) is 6.54 Å². The number of para-hydroxylation sites is 2. The summed E-state index contributed by atoms with van der Waals surface area (Å²) in [6.07, 6.45) is 0. The quantitative estimate of drug-likeness (QED) is 0.706. The highest BCUT2D eigenvalue weighted by Crippen LogP contribution is 2.23. The number of likely N-dealkylation sites (N-methyl/N-ethyl adjacent to an activating group) is 1. The number of hydrogen-bond donors (Lipinski definition) is 1. The van der Waals surface area contributed by atoms with E-state index >= 15 is 0 Å². The minimum atomic E-state index is -0.0292. The van der Waals surface area contributed by atoms with E-state index in [1.54, 1.807) is 0 Å². The molecule has 0 atom stereocenters. The average molecular weight is 403 g/mol. The number of carbonyl (C=O) groups is 1. The summed E-state index contributed by atoms with van der Waals surface area (Å²) >= 11 is 0. The van der Waals surface area contributed by atoms with E-state index in [1.807, 2.05) is 44.2 Å². The maximum atomic E-state index is 13.0. The average Bonchev–Trinajstić information content (AvgIpc) is 3.07. The molecule has 1 aliphatic heterocycles. The molecule has 1 aromatic heterocycles. The van der Waals surface area contributed by atoms with Crippen molar-refractivity contribution in [2.45, 2.75) is 20.4 Å². The van der Waals surface area contributed by atoms with Crippen LogP contribution < -0.4 is 10.2 Å². The van der Waals surface area contributed by atoms with E-state index in [2.05, 4.69) is 57.1 Å². The normalized spacial score (nSPS) is 14.7. The van der Waals surface area contributed by atoms with E-state index in [-0.39, 0.29) is 5.91 Å². The molecule has 0 bridgehead atoms. The molecule has 0 saturated carbocycles. The van der Waals surface area contributed by atoms with Crippen LogP contribution in [-0.2, 0) is 6.54 Å². The summed E-state index contributed by atoms with van der Waals surface area (Å²) in [5.41, 5.74) is 6.21. The Balaban J connectivity index is 1.50. The van der Waals surface area contributed by atoms with Crippen molar-refractivity contribution in [2.24, 2.45) is 0 Å². The second-order valence-corrected chi connectivity index (χ2v) is 8.06. The Labute approximate surface area is 178 Å². The van der Waals surface area contributed by atoms with Crippen molar-refractivity contribution in [2.75, 3.05) is 38.1 Å². The number of carbonyl (C=O) groups excluding carboxylic acids is 1. The van der Waals surface area contributed by atoms with Crippen molar-refractivity contribution in [3.8, 4) is 5.69 Å². The van der Waals surface area contributed by atoms with E-state index in [1.165, 1.54) is 5.69 Å². The van der Waals surface area contributed by atoms with Crippen LogP contribution in [0, 0.1) is 13.8 Å². The first-order valence-corrected chi connectivity index (χ1v) is 10.6. The Hall–Kier alpha value is -3.05. The minimum Gasteiger partial charge on any atom is -0.369 e. The molecule has 5 heteroatoms. The molecular weight excluding hydrogens is 372 g/mol. The second kappa shape index (κ2) is 8.76. The molecule has 156 valence electrons. The van der Waals surface area contributed by atoms with Gasteiger partial charge >= 0.3 is 0 Å². The lowest BCUT2D eigenvalue weighted by molar-refractivity contribution is 0.0950. The summed E-state index contributed by atoms with van der Waals surface area (Å²) in [7, 11) is 2.16. The summed E-state index contributed by atoms with van der Waals surface area (Å²) in [6.45, 7) is 8.72. The number of anilines is 1. The molecule has 0 aliphatic carbocycles. The lowest BCUT2D eigenvalue weighted by atomic mass is 10.1. The van der Waals surface area contributed by atoms with Gasteiger partial charge in [0.1, 0.15) is 0 Å². The monoisotopic (exact) mass is 402 g/mol. The third-order valence-corrected chi connectivity index (χ3v) is 5.97. The first-order valence-electron chi connectivity index (χ1n) is 10.6. The molecule has 4 rings (SSSR count). The maximum absolute atomic E-state index is 13.0. The van der Waals surface area contributed by atoms with Gasteiger partial charge in [0.15, 0.2) is 0 Å². The molecule has 5 nitrogen and oxygen atoms in total. The van der Waals surface area contributed by atoms with Gasteiger partial charge in [0.2, 0.25) is 0 Å². The number of nitrogens with zero attached hydrogens (tertiary/aromatic N) is 3. The molecule has 1 amide bonds. The fraction of sp³-hybridized carbons (Fsp3) is 0.320. The van der Waals surface area contributed by atoms with E-state index < -0.39 is 0 Å². The summed E-state index contributed by atoms with van der Waals surface area (Å²) < 4.78 is 2.13. The van der Waals surface area contributed by atoms with Crippen molar-refractivity contribution in [1.82, 2.24) is 14.8 Å². The fourth-order valence-electron chi connectivity index (χ4n) is 4.25. The molecule has 1 fully saturated rings.